The van der Waals surface area contributed by atoms with E-state index in [1.807, 2.05) is 0 Å². The van der Waals surface area contributed by atoms with E-state index in [4.69, 9.17) is 14.2 Å². The maximum Gasteiger partial charge on any atom is 0.204 e. The van der Waals surface area contributed by atoms with E-state index in [0.717, 1.165) is 49.0 Å². The molecule has 4 aliphatic rings. The first-order valence-corrected chi connectivity index (χ1v) is 16.0. The maximum absolute atomic E-state index is 14.4. The van der Waals surface area contributed by atoms with Gasteiger partial charge in [0.2, 0.25) is 11.6 Å². The molecule has 1 heterocycles. The topological polar surface area (TPSA) is 27.7 Å². The summed E-state index contributed by atoms with van der Waals surface area (Å²) in [5, 5.41) is 0. The van der Waals surface area contributed by atoms with Crippen LogP contribution in [-0.4, -0.2) is 25.9 Å². The molecule has 2 unspecified atom stereocenters. The van der Waals surface area contributed by atoms with Crippen LogP contribution in [-0.2, 0) is 4.74 Å². The van der Waals surface area contributed by atoms with Gasteiger partial charge in [0, 0.05) is 5.92 Å². The molecule has 0 spiro atoms. The average Bonchev–Trinajstić information content (AvgIpc) is 3.00. The van der Waals surface area contributed by atoms with Gasteiger partial charge in [0.05, 0.1) is 25.9 Å². The minimum atomic E-state index is -0.957. The summed E-state index contributed by atoms with van der Waals surface area (Å²) in [6.07, 6.45) is 21.0. The number of benzene rings is 1. The zero-order chi connectivity index (χ0) is 27.2. The summed E-state index contributed by atoms with van der Waals surface area (Å²) >= 11 is 0. The van der Waals surface area contributed by atoms with Crippen molar-refractivity contribution in [3.8, 4) is 11.5 Å². The Morgan fingerprint density at radius 2 is 1.21 bits per heavy atom. The fraction of sp³-hybridized carbons (Fsp3) is 0.765. The monoisotopic (exact) mass is 544 g/mol. The quantitative estimate of drug-likeness (QED) is 0.290. The van der Waals surface area contributed by atoms with Crippen molar-refractivity contribution < 1.29 is 23.0 Å². The third-order valence-electron chi connectivity index (χ3n) is 10.8. The lowest BCUT2D eigenvalue weighted by Crippen LogP contribution is -2.35. The molecule has 2 atom stereocenters. The van der Waals surface area contributed by atoms with Crippen molar-refractivity contribution >= 4 is 0 Å². The molecule has 1 aromatic rings. The highest BCUT2D eigenvalue weighted by atomic mass is 19.2. The Balaban J connectivity index is 0.987. The van der Waals surface area contributed by atoms with Gasteiger partial charge in [0.1, 0.15) is 0 Å². The predicted octanol–water partition coefficient (Wildman–Crippen LogP) is 9.14. The third kappa shape index (κ3) is 7.18. The van der Waals surface area contributed by atoms with Gasteiger partial charge in [0.25, 0.3) is 0 Å². The lowest BCUT2D eigenvalue weighted by Gasteiger charge is -2.42. The van der Waals surface area contributed by atoms with Crippen molar-refractivity contribution in [2.75, 3.05) is 19.8 Å². The van der Waals surface area contributed by atoms with Crippen molar-refractivity contribution in [3.63, 3.8) is 0 Å². The molecule has 1 aliphatic heterocycles. The van der Waals surface area contributed by atoms with Crippen LogP contribution in [0, 0.1) is 53.1 Å². The number of halogens is 2. The molecule has 0 aromatic heterocycles. The van der Waals surface area contributed by atoms with Gasteiger partial charge in [-0.25, -0.2) is 0 Å². The minimum Gasteiger partial charge on any atom is -0.491 e. The highest BCUT2D eigenvalue weighted by molar-refractivity contribution is 5.35. The average molecular weight is 545 g/mol. The number of hydrogen-bond donors (Lipinski definition) is 0. The van der Waals surface area contributed by atoms with Crippen LogP contribution in [0.3, 0.4) is 0 Å². The van der Waals surface area contributed by atoms with Crippen LogP contribution in [0.5, 0.6) is 11.5 Å². The molecule has 4 fully saturated rings. The number of hydrogen-bond acceptors (Lipinski definition) is 3. The van der Waals surface area contributed by atoms with E-state index in [2.05, 4.69) is 12.7 Å². The molecule has 0 amide bonds. The second-order valence-electron chi connectivity index (χ2n) is 13.0. The Labute approximate surface area is 235 Å². The smallest absolute Gasteiger partial charge is 0.204 e. The van der Waals surface area contributed by atoms with E-state index >= 15 is 0 Å². The summed E-state index contributed by atoms with van der Waals surface area (Å²) in [4.78, 5) is 0. The molecule has 1 saturated heterocycles. The fourth-order valence-corrected chi connectivity index (χ4v) is 8.35. The molecule has 3 aliphatic carbocycles. The lowest BCUT2D eigenvalue weighted by atomic mass is 9.64. The number of rotatable bonds is 9. The van der Waals surface area contributed by atoms with Crippen LogP contribution >= 0.6 is 0 Å². The van der Waals surface area contributed by atoms with Crippen LogP contribution in [0.4, 0.5) is 8.78 Å². The molecule has 3 nitrogen and oxygen atoms in total. The second kappa shape index (κ2) is 13.8. The Kier molecular flexibility index (Phi) is 10.2. The van der Waals surface area contributed by atoms with E-state index in [0.29, 0.717) is 31.2 Å². The van der Waals surface area contributed by atoms with Crippen LogP contribution in [0.1, 0.15) is 96.8 Å². The van der Waals surface area contributed by atoms with Gasteiger partial charge in [-0.05, 0) is 144 Å². The molecule has 5 rings (SSSR count). The largest absolute Gasteiger partial charge is 0.491 e. The molecule has 3 saturated carbocycles. The van der Waals surface area contributed by atoms with Gasteiger partial charge in [-0.1, -0.05) is 6.08 Å². The van der Waals surface area contributed by atoms with Crippen molar-refractivity contribution in [2.45, 2.75) is 103 Å². The zero-order valence-corrected chi connectivity index (χ0v) is 24.1. The van der Waals surface area contributed by atoms with Crippen molar-refractivity contribution in [2.24, 2.45) is 41.4 Å². The maximum atomic E-state index is 14.4. The van der Waals surface area contributed by atoms with Crippen LogP contribution < -0.4 is 9.47 Å². The molecule has 1 aromatic carbocycles. The second-order valence-corrected chi connectivity index (χ2v) is 13.0. The van der Waals surface area contributed by atoms with Gasteiger partial charge in [-0.15, -0.1) is 6.58 Å². The Bertz CT molecular complexity index is 903. The minimum absolute atomic E-state index is 0.00182. The van der Waals surface area contributed by atoms with E-state index in [9.17, 15) is 8.78 Å². The molecular weight excluding hydrogens is 494 g/mol. The first kappa shape index (κ1) is 28.9. The van der Waals surface area contributed by atoms with Crippen molar-refractivity contribution in [1.29, 1.82) is 0 Å². The summed E-state index contributed by atoms with van der Waals surface area (Å²) in [6.45, 7) is 7.34. The molecule has 5 heteroatoms. The SMILES string of the molecule is C=CC1CCC(C2CCC(C3CCC(C4CCC(COc5ccc(OCC)c(F)c5F)CC4)CC3)CC2)OC1. The first-order valence-electron chi connectivity index (χ1n) is 16.0. The number of ether oxygens (including phenoxy) is 3. The lowest BCUT2D eigenvalue weighted by molar-refractivity contribution is -0.0521. The Hall–Kier alpha value is -1.62. The van der Waals surface area contributed by atoms with Crippen LogP contribution in [0.2, 0.25) is 0 Å². The zero-order valence-electron chi connectivity index (χ0n) is 24.1. The summed E-state index contributed by atoms with van der Waals surface area (Å²) in [5.41, 5.74) is 0. The van der Waals surface area contributed by atoms with E-state index in [1.54, 1.807) is 6.92 Å². The normalized spacial score (nSPS) is 35.8. The summed E-state index contributed by atoms with van der Waals surface area (Å²) in [5.74, 6) is 3.42. The van der Waals surface area contributed by atoms with E-state index in [-0.39, 0.29) is 11.5 Å². The fourth-order valence-electron chi connectivity index (χ4n) is 8.35. The standard InChI is InChI=1S/C34H50F2O3/c1-3-23-7-18-30(38-21-23)29-16-14-28(15-17-29)27-12-10-26(11-13-27)25-8-5-24(6-9-25)22-39-32-20-19-31(37-4-2)33(35)34(32)36/h3,19-20,23-30H,1,4-18,21-22H2,2H3. The predicted molar refractivity (Wildman–Crippen MR) is 152 cm³/mol. The molecule has 0 N–H and O–H groups in total. The first-order chi connectivity index (χ1) is 19.1. The molecule has 218 valence electrons. The van der Waals surface area contributed by atoms with Gasteiger partial charge in [-0.2, -0.15) is 8.78 Å². The summed E-state index contributed by atoms with van der Waals surface area (Å²) < 4.78 is 45.6. The van der Waals surface area contributed by atoms with Crippen molar-refractivity contribution in [3.05, 3.63) is 36.4 Å². The highest BCUT2D eigenvalue weighted by Crippen LogP contribution is 2.47. The van der Waals surface area contributed by atoms with E-state index in [1.165, 1.54) is 89.2 Å². The van der Waals surface area contributed by atoms with E-state index < -0.39 is 11.6 Å². The highest BCUT2D eigenvalue weighted by Gasteiger charge is 2.37. The summed E-state index contributed by atoms with van der Waals surface area (Å²) in [6, 6.07) is 2.95. The molecule has 0 radical (unpaired) electrons. The molecule has 0 bridgehead atoms. The van der Waals surface area contributed by atoms with Gasteiger partial charge in [0.15, 0.2) is 11.5 Å². The Morgan fingerprint density at radius 1 is 0.718 bits per heavy atom. The summed E-state index contributed by atoms with van der Waals surface area (Å²) in [7, 11) is 0. The Morgan fingerprint density at radius 3 is 1.67 bits per heavy atom. The van der Waals surface area contributed by atoms with Crippen LogP contribution in [0.25, 0.3) is 0 Å². The molecule has 39 heavy (non-hydrogen) atoms. The van der Waals surface area contributed by atoms with Crippen molar-refractivity contribution in [1.82, 2.24) is 0 Å². The van der Waals surface area contributed by atoms with Crippen LogP contribution in [0.15, 0.2) is 24.8 Å². The van der Waals surface area contributed by atoms with Gasteiger partial charge in [-0.3, -0.25) is 0 Å². The molecular formula is C34H50F2O3. The van der Waals surface area contributed by atoms with Gasteiger partial charge < -0.3 is 14.2 Å². The van der Waals surface area contributed by atoms with Gasteiger partial charge >= 0.3 is 0 Å². The third-order valence-corrected chi connectivity index (χ3v) is 10.8.